The average molecular weight is 329 g/mol. The summed E-state index contributed by atoms with van der Waals surface area (Å²) < 4.78 is 6.21. The van der Waals surface area contributed by atoms with E-state index in [0.29, 0.717) is 6.54 Å². The Kier molecular flexibility index (Phi) is 5.12. The Morgan fingerprint density at radius 2 is 1.84 bits per heavy atom. The van der Waals surface area contributed by atoms with E-state index in [1.807, 2.05) is 38.1 Å². The number of hydrogen-bond acceptors (Lipinski definition) is 3. The zero-order valence-electron chi connectivity index (χ0n) is 11.8. The van der Waals surface area contributed by atoms with Crippen molar-refractivity contribution in [1.29, 1.82) is 0 Å². The number of amides is 1. The van der Waals surface area contributed by atoms with Crippen molar-refractivity contribution in [3.8, 4) is 0 Å². The van der Waals surface area contributed by atoms with Crippen LogP contribution in [0.2, 0.25) is 0 Å². The van der Waals surface area contributed by atoms with E-state index in [-0.39, 0.29) is 5.91 Å². The van der Waals surface area contributed by atoms with E-state index in [9.17, 15) is 4.79 Å². The van der Waals surface area contributed by atoms with Gasteiger partial charge < -0.3 is 15.8 Å². The number of benzene rings is 1. The summed E-state index contributed by atoms with van der Waals surface area (Å²) in [5, 5.41) is 2.83. The Bertz CT molecular complexity index is 441. The number of methoxy groups -OCH3 is 1. The van der Waals surface area contributed by atoms with Crippen molar-refractivity contribution in [1.82, 2.24) is 5.32 Å². The van der Waals surface area contributed by atoms with E-state index in [4.69, 9.17) is 10.5 Å². The number of hydrogen-bond donors (Lipinski definition) is 2. The van der Waals surface area contributed by atoms with Gasteiger partial charge in [-0.1, -0.05) is 28.1 Å². The molecule has 0 aromatic heterocycles. The summed E-state index contributed by atoms with van der Waals surface area (Å²) in [6.07, 6.45) is 0. The topological polar surface area (TPSA) is 64.3 Å². The molecule has 4 nitrogen and oxygen atoms in total. The first-order chi connectivity index (χ1) is 8.69. The molecule has 0 aliphatic rings. The maximum absolute atomic E-state index is 12.2. The molecule has 1 aromatic rings. The third-order valence-corrected chi connectivity index (χ3v) is 3.67. The molecule has 3 N–H and O–H groups in total. The van der Waals surface area contributed by atoms with E-state index in [1.165, 1.54) is 0 Å². The van der Waals surface area contributed by atoms with E-state index in [1.54, 1.807) is 14.0 Å². The Morgan fingerprint density at radius 1 is 1.32 bits per heavy atom. The molecule has 106 valence electrons. The second kappa shape index (κ2) is 6.03. The molecule has 19 heavy (non-hydrogen) atoms. The molecule has 0 spiro atoms. The van der Waals surface area contributed by atoms with Crippen molar-refractivity contribution in [3.63, 3.8) is 0 Å². The van der Waals surface area contributed by atoms with E-state index in [0.717, 1.165) is 10.0 Å². The third kappa shape index (κ3) is 4.30. The molecule has 0 saturated carbocycles. The van der Waals surface area contributed by atoms with Crippen LogP contribution in [0, 0.1) is 0 Å². The van der Waals surface area contributed by atoms with Crippen LogP contribution in [-0.2, 0) is 15.1 Å². The van der Waals surface area contributed by atoms with Crippen molar-refractivity contribution >= 4 is 21.8 Å². The van der Waals surface area contributed by atoms with Crippen molar-refractivity contribution in [2.75, 3.05) is 13.7 Å². The molecule has 5 heteroatoms. The molecule has 0 radical (unpaired) electrons. The van der Waals surface area contributed by atoms with E-state index < -0.39 is 11.1 Å². The fourth-order valence-electron chi connectivity index (χ4n) is 1.48. The maximum atomic E-state index is 12.2. The summed E-state index contributed by atoms with van der Waals surface area (Å²) in [7, 11) is 1.61. The average Bonchev–Trinajstić information content (AvgIpc) is 2.36. The Morgan fingerprint density at radius 3 is 2.32 bits per heavy atom. The SMILES string of the molecule is COC(C)(C)CNC(=O)C(C)(N)c1ccc(Br)cc1. The van der Waals surface area contributed by atoms with Gasteiger partial charge in [-0.25, -0.2) is 0 Å². The molecule has 1 aromatic carbocycles. The highest BCUT2D eigenvalue weighted by molar-refractivity contribution is 9.10. The largest absolute Gasteiger partial charge is 0.377 e. The van der Waals surface area contributed by atoms with Crippen molar-refractivity contribution < 1.29 is 9.53 Å². The summed E-state index contributed by atoms with van der Waals surface area (Å²) in [4.78, 5) is 12.2. The summed E-state index contributed by atoms with van der Waals surface area (Å²) >= 11 is 3.36. The quantitative estimate of drug-likeness (QED) is 0.870. The lowest BCUT2D eigenvalue weighted by Crippen LogP contribution is -2.52. The molecule has 1 amide bonds. The van der Waals surface area contributed by atoms with Crippen LogP contribution in [0.25, 0.3) is 0 Å². The monoisotopic (exact) mass is 328 g/mol. The Balaban J connectivity index is 2.77. The summed E-state index contributed by atoms with van der Waals surface area (Å²) in [5.41, 5.74) is 5.43. The Labute approximate surface area is 122 Å². The second-order valence-corrected chi connectivity index (χ2v) is 6.27. The molecule has 0 aliphatic carbocycles. The molecule has 0 fully saturated rings. The molecule has 0 heterocycles. The van der Waals surface area contributed by atoms with Gasteiger partial charge in [0.1, 0.15) is 5.54 Å². The lowest BCUT2D eigenvalue weighted by Gasteiger charge is -2.28. The van der Waals surface area contributed by atoms with Crippen LogP contribution in [0.5, 0.6) is 0 Å². The van der Waals surface area contributed by atoms with Gasteiger partial charge in [0.2, 0.25) is 5.91 Å². The Hall–Kier alpha value is -0.910. The summed E-state index contributed by atoms with van der Waals surface area (Å²) in [6, 6.07) is 7.41. The first-order valence-electron chi connectivity index (χ1n) is 6.07. The number of carbonyl (C=O) groups excluding carboxylic acids is 1. The van der Waals surface area contributed by atoms with Gasteiger partial charge in [-0.05, 0) is 38.5 Å². The molecule has 1 unspecified atom stereocenters. The van der Waals surface area contributed by atoms with Crippen LogP contribution in [0.15, 0.2) is 28.7 Å². The van der Waals surface area contributed by atoms with Crippen LogP contribution in [0.1, 0.15) is 26.3 Å². The van der Waals surface area contributed by atoms with Gasteiger partial charge in [0.25, 0.3) is 0 Å². The number of carbonyl (C=O) groups is 1. The number of ether oxygens (including phenoxy) is 1. The minimum Gasteiger partial charge on any atom is -0.377 e. The molecular formula is C14H21BrN2O2. The zero-order valence-corrected chi connectivity index (χ0v) is 13.4. The predicted molar refractivity (Wildman–Crippen MR) is 79.8 cm³/mol. The molecule has 0 aliphatic heterocycles. The molecule has 1 rings (SSSR count). The summed E-state index contributed by atoms with van der Waals surface area (Å²) in [5.74, 6) is -0.222. The minimum absolute atomic E-state index is 0.222. The smallest absolute Gasteiger partial charge is 0.244 e. The zero-order chi connectivity index (χ0) is 14.7. The number of halogens is 1. The fraction of sp³-hybridized carbons (Fsp3) is 0.500. The van der Waals surface area contributed by atoms with E-state index in [2.05, 4.69) is 21.2 Å². The standard InChI is InChI=1S/C14H21BrN2O2/c1-13(2,19-4)9-17-12(18)14(3,16)10-5-7-11(15)8-6-10/h5-8H,9,16H2,1-4H3,(H,17,18). The van der Waals surface area contributed by atoms with Crippen LogP contribution in [0.4, 0.5) is 0 Å². The number of nitrogens with one attached hydrogen (secondary N) is 1. The lowest BCUT2D eigenvalue weighted by atomic mass is 9.92. The molecule has 1 atom stereocenters. The van der Waals surface area contributed by atoms with Crippen LogP contribution in [0.3, 0.4) is 0 Å². The molecule has 0 saturated heterocycles. The van der Waals surface area contributed by atoms with E-state index >= 15 is 0 Å². The van der Waals surface area contributed by atoms with Crippen LogP contribution in [-0.4, -0.2) is 25.2 Å². The highest BCUT2D eigenvalue weighted by atomic mass is 79.9. The van der Waals surface area contributed by atoms with Crippen molar-refractivity contribution in [3.05, 3.63) is 34.3 Å². The predicted octanol–water partition coefficient (Wildman–Crippen LogP) is 2.16. The minimum atomic E-state index is -1.06. The van der Waals surface area contributed by atoms with Crippen molar-refractivity contribution in [2.24, 2.45) is 5.73 Å². The second-order valence-electron chi connectivity index (χ2n) is 5.36. The molecule has 0 bridgehead atoms. The van der Waals surface area contributed by atoms with Gasteiger partial charge >= 0.3 is 0 Å². The molecular weight excluding hydrogens is 308 g/mol. The van der Waals surface area contributed by atoms with Gasteiger partial charge in [0, 0.05) is 18.1 Å². The lowest BCUT2D eigenvalue weighted by molar-refractivity contribution is -0.127. The van der Waals surface area contributed by atoms with Crippen molar-refractivity contribution in [2.45, 2.75) is 31.9 Å². The third-order valence-electron chi connectivity index (χ3n) is 3.14. The fourth-order valence-corrected chi connectivity index (χ4v) is 1.74. The van der Waals surface area contributed by atoms with Gasteiger partial charge in [-0.2, -0.15) is 0 Å². The highest BCUT2D eigenvalue weighted by Gasteiger charge is 2.31. The van der Waals surface area contributed by atoms with Gasteiger partial charge in [-0.3, -0.25) is 4.79 Å². The highest BCUT2D eigenvalue weighted by Crippen LogP contribution is 2.20. The maximum Gasteiger partial charge on any atom is 0.244 e. The number of rotatable bonds is 5. The number of nitrogens with two attached hydrogens (primary N) is 1. The normalized spacial score (nSPS) is 14.8. The van der Waals surface area contributed by atoms with Gasteiger partial charge in [0.05, 0.1) is 5.60 Å². The van der Waals surface area contributed by atoms with Gasteiger partial charge in [-0.15, -0.1) is 0 Å². The first kappa shape index (κ1) is 16.1. The van der Waals surface area contributed by atoms with Gasteiger partial charge in [0.15, 0.2) is 0 Å². The first-order valence-corrected chi connectivity index (χ1v) is 6.87. The van der Waals surface area contributed by atoms with Crippen LogP contribution < -0.4 is 11.1 Å². The van der Waals surface area contributed by atoms with Crippen LogP contribution >= 0.6 is 15.9 Å². The summed E-state index contributed by atoms with van der Waals surface area (Å²) in [6.45, 7) is 5.92.